The molecule has 0 atom stereocenters. The van der Waals surface area contributed by atoms with Crippen molar-refractivity contribution in [2.45, 2.75) is 36.0 Å². The van der Waals surface area contributed by atoms with E-state index in [1.54, 1.807) is 67.8 Å². The topological polar surface area (TPSA) is 61.8 Å². The summed E-state index contributed by atoms with van der Waals surface area (Å²) in [4.78, 5) is 0.378. The number of benzene rings is 4. The van der Waals surface area contributed by atoms with Crippen LogP contribution in [0.5, 0.6) is 28.7 Å². The van der Waals surface area contributed by atoms with Crippen LogP contribution in [0.1, 0.15) is 26.3 Å². The molecule has 0 saturated carbocycles. The second-order valence-corrected chi connectivity index (χ2v) is 11.0. The first-order valence-corrected chi connectivity index (χ1v) is 12.7. The Morgan fingerprint density at radius 3 is 1.17 bits per heavy atom. The van der Waals surface area contributed by atoms with Crippen molar-refractivity contribution in [1.82, 2.24) is 0 Å². The van der Waals surface area contributed by atoms with Gasteiger partial charge in [0.25, 0.3) is 0 Å². The lowest BCUT2D eigenvalue weighted by Gasteiger charge is -2.19. The molecule has 0 aliphatic heterocycles. The van der Waals surface area contributed by atoms with E-state index in [2.05, 4.69) is 20.8 Å². The van der Waals surface area contributed by atoms with Gasteiger partial charge in [-0.3, -0.25) is 0 Å². The van der Waals surface area contributed by atoms with Gasteiger partial charge < -0.3 is 14.2 Å². The molecule has 0 bridgehead atoms. The highest BCUT2D eigenvalue weighted by molar-refractivity contribution is 7.91. The van der Waals surface area contributed by atoms with E-state index in [9.17, 15) is 8.42 Å². The quantitative estimate of drug-likeness (QED) is 0.271. The van der Waals surface area contributed by atoms with Gasteiger partial charge in [0.15, 0.2) is 0 Å². The molecule has 0 unspecified atom stereocenters. The van der Waals surface area contributed by atoms with Gasteiger partial charge in [0, 0.05) is 0 Å². The number of hydrogen-bond acceptors (Lipinski definition) is 5. The molecule has 5 nitrogen and oxygen atoms in total. The molecule has 0 spiro atoms. The minimum atomic E-state index is -3.68. The maximum atomic E-state index is 13.1. The van der Waals surface area contributed by atoms with Crippen LogP contribution in [0.2, 0.25) is 0 Å². The Labute approximate surface area is 206 Å². The van der Waals surface area contributed by atoms with Crippen LogP contribution < -0.4 is 14.2 Å². The summed E-state index contributed by atoms with van der Waals surface area (Å²) in [5.41, 5.74) is 1.28. The van der Waals surface area contributed by atoms with Gasteiger partial charge in [0.05, 0.1) is 16.9 Å². The lowest BCUT2D eigenvalue weighted by molar-refractivity contribution is 0.413. The number of methoxy groups -OCH3 is 1. The number of rotatable bonds is 7. The minimum Gasteiger partial charge on any atom is -0.497 e. The van der Waals surface area contributed by atoms with E-state index in [0.717, 1.165) is 5.75 Å². The summed E-state index contributed by atoms with van der Waals surface area (Å²) < 4.78 is 43.0. The average molecular weight is 489 g/mol. The van der Waals surface area contributed by atoms with Crippen LogP contribution >= 0.6 is 0 Å². The summed E-state index contributed by atoms with van der Waals surface area (Å²) in [5, 5.41) is 0. The summed E-state index contributed by atoms with van der Waals surface area (Å²) in [6.07, 6.45) is 0. The molecule has 0 N–H and O–H groups in total. The van der Waals surface area contributed by atoms with E-state index in [0.29, 0.717) is 23.0 Å². The van der Waals surface area contributed by atoms with Crippen molar-refractivity contribution in [2.24, 2.45) is 0 Å². The van der Waals surface area contributed by atoms with Crippen molar-refractivity contribution in [3.63, 3.8) is 0 Å². The molecular weight excluding hydrogens is 460 g/mol. The average Bonchev–Trinajstić information content (AvgIpc) is 2.85. The highest BCUT2D eigenvalue weighted by atomic mass is 32.2. The Kier molecular flexibility index (Phi) is 6.85. The molecule has 0 aromatic heterocycles. The first-order valence-electron chi connectivity index (χ1n) is 11.2. The Morgan fingerprint density at radius 1 is 0.514 bits per heavy atom. The maximum absolute atomic E-state index is 13.1. The molecule has 0 saturated heterocycles. The molecule has 4 aromatic rings. The normalized spacial score (nSPS) is 11.7. The van der Waals surface area contributed by atoms with E-state index in [-0.39, 0.29) is 15.2 Å². The smallest absolute Gasteiger partial charge is 0.206 e. The molecule has 4 rings (SSSR count). The van der Waals surface area contributed by atoms with Crippen LogP contribution in [-0.2, 0) is 15.3 Å². The predicted octanol–water partition coefficient (Wildman–Crippen LogP) is 7.41. The Morgan fingerprint density at radius 2 is 0.829 bits per heavy atom. The van der Waals surface area contributed by atoms with Crippen LogP contribution in [0.25, 0.3) is 0 Å². The third-order valence-corrected chi connectivity index (χ3v) is 7.30. The summed E-state index contributed by atoms with van der Waals surface area (Å²) >= 11 is 0. The van der Waals surface area contributed by atoms with Gasteiger partial charge in [0.2, 0.25) is 9.84 Å². The maximum Gasteiger partial charge on any atom is 0.206 e. The number of ether oxygens (including phenoxy) is 3. The molecule has 35 heavy (non-hydrogen) atoms. The molecule has 6 heteroatoms. The molecule has 0 heterocycles. The minimum absolute atomic E-state index is 0.0640. The van der Waals surface area contributed by atoms with E-state index >= 15 is 0 Å². The van der Waals surface area contributed by atoms with E-state index in [1.165, 1.54) is 17.7 Å². The predicted molar refractivity (Wildman–Crippen MR) is 137 cm³/mol. The largest absolute Gasteiger partial charge is 0.497 e. The fourth-order valence-corrected chi connectivity index (χ4v) is 4.71. The zero-order chi connectivity index (χ0) is 25.1. The fourth-order valence-electron chi connectivity index (χ4n) is 3.45. The summed E-state index contributed by atoms with van der Waals surface area (Å²) in [5.74, 6) is 3.16. The third kappa shape index (κ3) is 5.84. The molecule has 0 amide bonds. The zero-order valence-electron chi connectivity index (χ0n) is 20.2. The second kappa shape index (κ2) is 9.84. The summed E-state index contributed by atoms with van der Waals surface area (Å²) in [6.45, 7) is 6.47. The lowest BCUT2D eigenvalue weighted by Crippen LogP contribution is -2.10. The van der Waals surface area contributed by atoms with Gasteiger partial charge in [-0.1, -0.05) is 32.9 Å². The standard InChI is InChI=1S/C29H28O5S/c1-29(2,3)21-5-7-23(8-6-21)33-25-13-17-27(18-14-25)35(30,31)28-19-15-26(16-20-28)34-24-11-9-22(32-4)10-12-24/h5-20H,1-4H3. The molecule has 0 aliphatic carbocycles. The van der Waals surface area contributed by atoms with Gasteiger partial charge in [0.1, 0.15) is 28.7 Å². The molecule has 0 aliphatic rings. The second-order valence-electron chi connectivity index (χ2n) is 9.10. The monoisotopic (exact) mass is 488 g/mol. The third-order valence-electron chi connectivity index (χ3n) is 5.52. The fraction of sp³-hybridized carbons (Fsp3) is 0.172. The van der Waals surface area contributed by atoms with Crippen molar-refractivity contribution in [3.05, 3.63) is 103 Å². The molecular formula is C29H28O5S. The molecule has 0 radical (unpaired) electrons. The zero-order valence-corrected chi connectivity index (χ0v) is 21.0. The van der Waals surface area contributed by atoms with Crippen LogP contribution in [0.3, 0.4) is 0 Å². The van der Waals surface area contributed by atoms with Crippen molar-refractivity contribution in [1.29, 1.82) is 0 Å². The Bertz CT molecular complexity index is 1370. The summed E-state index contributed by atoms with van der Waals surface area (Å²) in [6, 6.07) is 27.8. The van der Waals surface area contributed by atoms with Crippen LogP contribution in [0.15, 0.2) is 107 Å². The van der Waals surface area contributed by atoms with E-state index in [1.807, 2.05) is 24.3 Å². The number of hydrogen-bond donors (Lipinski definition) is 0. The van der Waals surface area contributed by atoms with Gasteiger partial charge in [-0.05, 0) is 95.9 Å². The van der Waals surface area contributed by atoms with Gasteiger partial charge in [-0.2, -0.15) is 0 Å². The summed E-state index contributed by atoms with van der Waals surface area (Å²) in [7, 11) is -2.08. The Hall–Kier alpha value is -3.77. The SMILES string of the molecule is COc1ccc(Oc2ccc(S(=O)(=O)c3ccc(Oc4ccc(C(C)(C)C)cc4)cc3)cc2)cc1. The van der Waals surface area contributed by atoms with Crippen molar-refractivity contribution in [2.75, 3.05) is 7.11 Å². The molecule has 0 fully saturated rings. The van der Waals surface area contributed by atoms with Crippen molar-refractivity contribution < 1.29 is 22.6 Å². The van der Waals surface area contributed by atoms with Gasteiger partial charge in [-0.25, -0.2) is 8.42 Å². The van der Waals surface area contributed by atoms with Crippen LogP contribution in [-0.4, -0.2) is 15.5 Å². The van der Waals surface area contributed by atoms with E-state index < -0.39 is 9.84 Å². The van der Waals surface area contributed by atoms with Gasteiger partial charge in [-0.15, -0.1) is 0 Å². The lowest BCUT2D eigenvalue weighted by atomic mass is 9.87. The molecule has 4 aromatic carbocycles. The highest BCUT2D eigenvalue weighted by Gasteiger charge is 2.18. The number of sulfone groups is 1. The Balaban J connectivity index is 1.44. The highest BCUT2D eigenvalue weighted by Crippen LogP contribution is 2.30. The van der Waals surface area contributed by atoms with Gasteiger partial charge >= 0.3 is 0 Å². The van der Waals surface area contributed by atoms with Crippen molar-refractivity contribution >= 4 is 9.84 Å². The van der Waals surface area contributed by atoms with Crippen LogP contribution in [0.4, 0.5) is 0 Å². The molecule has 180 valence electrons. The van der Waals surface area contributed by atoms with Crippen molar-refractivity contribution in [3.8, 4) is 28.7 Å². The first-order chi connectivity index (χ1) is 16.6. The van der Waals surface area contributed by atoms with Crippen LogP contribution in [0, 0.1) is 0 Å². The van der Waals surface area contributed by atoms with E-state index in [4.69, 9.17) is 14.2 Å². The first kappa shape index (κ1) is 24.4.